The topological polar surface area (TPSA) is 29.3 Å². The molecular weight excluding hydrogens is 220 g/mol. The van der Waals surface area contributed by atoms with Crippen LogP contribution in [0.4, 0.5) is 5.69 Å². The van der Waals surface area contributed by atoms with Crippen LogP contribution in [0, 0.1) is 19.8 Å². The molecule has 1 heterocycles. The second-order valence-corrected chi connectivity index (χ2v) is 5.85. The van der Waals surface area contributed by atoms with Crippen LogP contribution in [0.5, 0.6) is 0 Å². The van der Waals surface area contributed by atoms with Gasteiger partial charge in [0.25, 0.3) is 0 Å². The first-order valence-corrected chi connectivity index (χ1v) is 7.17. The van der Waals surface area contributed by atoms with Gasteiger partial charge in [-0.15, -0.1) is 0 Å². The molecule has 2 N–H and O–H groups in total. The first-order valence-electron chi connectivity index (χ1n) is 7.17. The lowest BCUT2D eigenvalue weighted by Crippen LogP contribution is -2.25. The molecule has 0 amide bonds. The Morgan fingerprint density at radius 1 is 1.28 bits per heavy atom. The van der Waals surface area contributed by atoms with E-state index in [0.717, 1.165) is 12.3 Å². The maximum atomic E-state index is 6.07. The number of anilines is 1. The Morgan fingerprint density at radius 2 is 1.94 bits per heavy atom. The van der Waals surface area contributed by atoms with Crippen LogP contribution in [0.1, 0.15) is 37.3 Å². The summed E-state index contributed by atoms with van der Waals surface area (Å²) in [5.74, 6) is 0.778. The first kappa shape index (κ1) is 13.4. The zero-order valence-corrected chi connectivity index (χ0v) is 11.9. The largest absolute Gasteiger partial charge is 0.371 e. The van der Waals surface area contributed by atoms with E-state index in [1.165, 1.54) is 42.7 Å². The van der Waals surface area contributed by atoms with E-state index in [1.54, 1.807) is 0 Å². The van der Waals surface area contributed by atoms with Gasteiger partial charge >= 0.3 is 0 Å². The van der Waals surface area contributed by atoms with Crippen LogP contribution in [0.2, 0.25) is 0 Å². The maximum Gasteiger partial charge on any atom is 0.0371 e. The highest BCUT2D eigenvalue weighted by Crippen LogP contribution is 2.28. The van der Waals surface area contributed by atoms with Crippen molar-refractivity contribution in [1.82, 2.24) is 0 Å². The number of nitrogens with two attached hydrogens (primary N) is 1. The Hall–Kier alpha value is -1.02. The van der Waals surface area contributed by atoms with E-state index in [0.29, 0.717) is 6.04 Å². The fourth-order valence-corrected chi connectivity index (χ4v) is 2.99. The van der Waals surface area contributed by atoms with Gasteiger partial charge in [-0.3, -0.25) is 0 Å². The molecule has 2 rings (SSSR count). The number of benzene rings is 1. The third-order valence-electron chi connectivity index (χ3n) is 4.02. The fraction of sp³-hybridized carbons (Fsp3) is 0.625. The van der Waals surface area contributed by atoms with Crippen molar-refractivity contribution in [3.05, 3.63) is 29.3 Å². The van der Waals surface area contributed by atoms with Gasteiger partial charge in [-0.05, 0) is 62.3 Å². The van der Waals surface area contributed by atoms with Crippen LogP contribution in [0.3, 0.4) is 0 Å². The van der Waals surface area contributed by atoms with Crippen LogP contribution in [0.15, 0.2) is 18.2 Å². The van der Waals surface area contributed by atoms with E-state index < -0.39 is 0 Å². The molecule has 1 aromatic rings. The minimum atomic E-state index is 0.384. The highest BCUT2D eigenvalue weighted by Gasteiger charge is 2.24. The van der Waals surface area contributed by atoms with Crippen LogP contribution in [-0.2, 0) is 0 Å². The summed E-state index contributed by atoms with van der Waals surface area (Å²) in [7, 11) is 0. The average Bonchev–Trinajstić information content (AvgIpc) is 2.76. The lowest BCUT2D eigenvalue weighted by atomic mass is 9.98. The van der Waals surface area contributed by atoms with Crippen LogP contribution in [0.25, 0.3) is 0 Å². The molecule has 0 saturated carbocycles. The smallest absolute Gasteiger partial charge is 0.0371 e. The van der Waals surface area contributed by atoms with Gasteiger partial charge in [0.2, 0.25) is 0 Å². The minimum Gasteiger partial charge on any atom is -0.371 e. The maximum absolute atomic E-state index is 6.07. The molecule has 100 valence electrons. The van der Waals surface area contributed by atoms with Gasteiger partial charge in [0.15, 0.2) is 0 Å². The highest BCUT2D eigenvalue weighted by molar-refractivity contribution is 5.51. The lowest BCUT2D eigenvalue weighted by molar-refractivity contribution is 0.458. The van der Waals surface area contributed by atoms with Crippen LogP contribution >= 0.6 is 0 Å². The lowest BCUT2D eigenvalue weighted by Gasteiger charge is -2.21. The van der Waals surface area contributed by atoms with Crippen molar-refractivity contribution in [2.24, 2.45) is 11.7 Å². The Balaban J connectivity index is 1.99. The van der Waals surface area contributed by atoms with Crippen molar-refractivity contribution >= 4 is 5.69 Å². The SMILES string of the molecule is CCC(N)CC1CCN(c2cc(C)cc(C)c2)C1. The highest BCUT2D eigenvalue weighted by atomic mass is 15.1. The van der Waals surface area contributed by atoms with Gasteiger partial charge in [0, 0.05) is 24.8 Å². The summed E-state index contributed by atoms with van der Waals surface area (Å²) in [6, 6.07) is 7.23. The second-order valence-electron chi connectivity index (χ2n) is 5.85. The zero-order chi connectivity index (χ0) is 13.1. The monoisotopic (exact) mass is 246 g/mol. The molecule has 1 fully saturated rings. The molecule has 2 unspecified atom stereocenters. The number of hydrogen-bond donors (Lipinski definition) is 1. The van der Waals surface area contributed by atoms with Crippen LogP contribution < -0.4 is 10.6 Å². The molecule has 2 heteroatoms. The van der Waals surface area contributed by atoms with Crippen molar-refractivity contribution in [2.45, 2.75) is 46.1 Å². The summed E-state index contributed by atoms with van der Waals surface area (Å²) in [4.78, 5) is 2.52. The van der Waals surface area contributed by atoms with Crippen molar-refractivity contribution < 1.29 is 0 Å². The number of aryl methyl sites for hydroxylation is 2. The zero-order valence-electron chi connectivity index (χ0n) is 11.9. The molecular formula is C16H26N2. The van der Waals surface area contributed by atoms with E-state index in [4.69, 9.17) is 5.73 Å². The van der Waals surface area contributed by atoms with E-state index in [2.05, 4.69) is 43.9 Å². The molecule has 0 aromatic heterocycles. The molecule has 0 bridgehead atoms. The summed E-state index contributed by atoms with van der Waals surface area (Å²) in [6.45, 7) is 8.90. The van der Waals surface area contributed by atoms with Gasteiger partial charge in [0.1, 0.15) is 0 Å². The molecule has 2 atom stereocenters. The van der Waals surface area contributed by atoms with E-state index in [-0.39, 0.29) is 0 Å². The molecule has 18 heavy (non-hydrogen) atoms. The van der Waals surface area contributed by atoms with Gasteiger partial charge in [-0.1, -0.05) is 13.0 Å². The van der Waals surface area contributed by atoms with Crippen LogP contribution in [-0.4, -0.2) is 19.1 Å². The van der Waals surface area contributed by atoms with E-state index in [9.17, 15) is 0 Å². The number of hydrogen-bond acceptors (Lipinski definition) is 2. The molecule has 1 aliphatic rings. The molecule has 0 spiro atoms. The van der Waals surface area contributed by atoms with Gasteiger partial charge in [-0.2, -0.15) is 0 Å². The van der Waals surface area contributed by atoms with E-state index >= 15 is 0 Å². The van der Waals surface area contributed by atoms with Crippen molar-refractivity contribution in [3.8, 4) is 0 Å². The Morgan fingerprint density at radius 3 is 2.56 bits per heavy atom. The molecule has 2 nitrogen and oxygen atoms in total. The standard InChI is InChI=1S/C16H26N2/c1-4-15(17)10-14-5-6-18(11-14)16-8-12(2)7-13(3)9-16/h7-9,14-15H,4-6,10-11,17H2,1-3H3. The normalized spacial score (nSPS) is 21.3. The molecule has 0 aliphatic carbocycles. The number of nitrogens with zero attached hydrogens (tertiary/aromatic N) is 1. The van der Waals surface area contributed by atoms with Crippen molar-refractivity contribution in [3.63, 3.8) is 0 Å². The third kappa shape index (κ3) is 3.26. The number of rotatable bonds is 4. The van der Waals surface area contributed by atoms with Crippen molar-refractivity contribution in [2.75, 3.05) is 18.0 Å². The van der Waals surface area contributed by atoms with Gasteiger partial charge in [0.05, 0.1) is 0 Å². The Kier molecular flexibility index (Phi) is 4.28. The van der Waals surface area contributed by atoms with E-state index in [1.807, 2.05) is 0 Å². The predicted molar refractivity (Wildman–Crippen MR) is 79.1 cm³/mol. The average molecular weight is 246 g/mol. The molecule has 1 saturated heterocycles. The summed E-state index contributed by atoms with van der Waals surface area (Å²) >= 11 is 0. The molecule has 0 radical (unpaired) electrons. The predicted octanol–water partition coefficient (Wildman–Crippen LogP) is 3.26. The summed E-state index contributed by atoms with van der Waals surface area (Å²) < 4.78 is 0. The summed E-state index contributed by atoms with van der Waals surface area (Å²) in [6.07, 6.45) is 3.57. The fourth-order valence-electron chi connectivity index (χ4n) is 2.99. The summed E-state index contributed by atoms with van der Waals surface area (Å²) in [5, 5.41) is 0. The first-order chi connectivity index (χ1) is 8.58. The summed E-state index contributed by atoms with van der Waals surface area (Å²) in [5.41, 5.74) is 10.2. The van der Waals surface area contributed by atoms with Gasteiger partial charge < -0.3 is 10.6 Å². The second kappa shape index (κ2) is 5.75. The van der Waals surface area contributed by atoms with Crippen molar-refractivity contribution in [1.29, 1.82) is 0 Å². The Bertz CT molecular complexity index is 380. The minimum absolute atomic E-state index is 0.384. The van der Waals surface area contributed by atoms with Gasteiger partial charge in [-0.25, -0.2) is 0 Å². The molecule has 1 aromatic carbocycles. The third-order valence-corrected chi connectivity index (χ3v) is 4.02. The molecule has 1 aliphatic heterocycles. The Labute approximate surface area is 111 Å². The quantitative estimate of drug-likeness (QED) is 0.883.